The minimum absolute atomic E-state index is 0.00905. The molecule has 0 fully saturated rings. The maximum absolute atomic E-state index is 12.9. The van der Waals surface area contributed by atoms with Crippen molar-refractivity contribution in [1.82, 2.24) is 4.31 Å². The molecule has 3 rings (SSSR count). The number of hydrogen-bond donors (Lipinski definition) is 0. The van der Waals surface area contributed by atoms with E-state index in [2.05, 4.69) is 0 Å². The van der Waals surface area contributed by atoms with Crippen molar-refractivity contribution in [1.29, 1.82) is 0 Å². The van der Waals surface area contributed by atoms with Gasteiger partial charge in [0, 0.05) is 14.1 Å². The highest BCUT2D eigenvalue weighted by Crippen LogP contribution is 2.33. The zero-order valence-electron chi connectivity index (χ0n) is 17.7. The highest BCUT2D eigenvalue weighted by Gasteiger charge is 2.34. The Labute approximate surface area is 181 Å². The number of aryl methyl sites for hydroxylation is 1. The van der Waals surface area contributed by atoms with Crippen LogP contribution in [0.5, 0.6) is 11.5 Å². The van der Waals surface area contributed by atoms with E-state index in [1.807, 2.05) is 0 Å². The van der Waals surface area contributed by atoms with E-state index in [0.29, 0.717) is 22.7 Å². The van der Waals surface area contributed by atoms with E-state index < -0.39 is 22.1 Å². The second kappa shape index (κ2) is 8.94. The first-order chi connectivity index (χ1) is 14.6. The average Bonchev–Trinajstić information content (AvgIpc) is 2.76. The molecule has 0 saturated carbocycles. The lowest BCUT2D eigenvalue weighted by Crippen LogP contribution is -2.48. The van der Waals surface area contributed by atoms with Crippen LogP contribution in [0.1, 0.15) is 5.56 Å². The Morgan fingerprint density at radius 1 is 1.19 bits per heavy atom. The van der Waals surface area contributed by atoms with Gasteiger partial charge in [-0.15, -0.1) is 0 Å². The summed E-state index contributed by atoms with van der Waals surface area (Å²) in [5.41, 5.74) is 1.10. The van der Waals surface area contributed by atoms with E-state index in [1.54, 1.807) is 31.2 Å². The van der Waals surface area contributed by atoms with Crippen molar-refractivity contribution in [3.05, 3.63) is 48.0 Å². The van der Waals surface area contributed by atoms with Gasteiger partial charge in [-0.3, -0.25) is 4.79 Å². The maximum Gasteiger partial charge on any atom is 0.348 e. The number of esters is 1. The number of fused-ring (bicyclic) bond motifs is 1. The van der Waals surface area contributed by atoms with Crippen LogP contribution in [0.3, 0.4) is 0 Å². The minimum atomic E-state index is -3.57. The number of anilines is 1. The first-order valence-electron chi connectivity index (χ1n) is 9.45. The number of para-hydroxylation sites is 2. The molecule has 0 radical (unpaired) electrons. The lowest BCUT2D eigenvalue weighted by Gasteiger charge is -2.33. The SMILES string of the molecule is COC(=O)[C@@H]1CN(C(=O)COc2ccc(S(=O)(=O)N(C)C)cc2C)c2ccccc2O1. The lowest BCUT2D eigenvalue weighted by molar-refractivity contribution is -0.148. The number of hydrogen-bond acceptors (Lipinski definition) is 7. The van der Waals surface area contributed by atoms with Crippen molar-refractivity contribution in [2.75, 3.05) is 39.3 Å². The van der Waals surface area contributed by atoms with Gasteiger partial charge in [-0.1, -0.05) is 12.1 Å². The Hall–Kier alpha value is -3.11. The van der Waals surface area contributed by atoms with Crippen LogP contribution in [0.2, 0.25) is 0 Å². The normalized spacial score (nSPS) is 15.8. The fourth-order valence-electron chi connectivity index (χ4n) is 3.10. The molecule has 0 bridgehead atoms. The molecule has 2 aromatic rings. The third-order valence-electron chi connectivity index (χ3n) is 4.81. The molecule has 1 atom stereocenters. The van der Waals surface area contributed by atoms with Crippen molar-refractivity contribution in [3.8, 4) is 11.5 Å². The minimum Gasteiger partial charge on any atom is -0.483 e. The first kappa shape index (κ1) is 22.6. The second-order valence-electron chi connectivity index (χ2n) is 7.11. The molecule has 0 unspecified atom stereocenters. The summed E-state index contributed by atoms with van der Waals surface area (Å²) >= 11 is 0. The summed E-state index contributed by atoms with van der Waals surface area (Å²) in [5.74, 6) is -0.181. The molecule has 0 N–H and O–H groups in total. The van der Waals surface area contributed by atoms with Gasteiger partial charge in [-0.25, -0.2) is 17.5 Å². The molecule has 166 valence electrons. The van der Waals surface area contributed by atoms with E-state index in [0.717, 1.165) is 4.31 Å². The van der Waals surface area contributed by atoms with Gasteiger partial charge in [-0.2, -0.15) is 0 Å². The standard InChI is InChI=1S/C21H24N2O7S/c1-14-11-15(31(26,27)22(2)3)9-10-17(14)29-13-20(24)23-12-19(21(25)28-4)30-18-8-6-5-7-16(18)23/h5-11,19H,12-13H2,1-4H3/t19-/m0/s1. The fraction of sp³-hybridized carbons (Fsp3) is 0.333. The van der Waals surface area contributed by atoms with E-state index in [9.17, 15) is 18.0 Å². The van der Waals surface area contributed by atoms with E-state index >= 15 is 0 Å². The van der Waals surface area contributed by atoms with Crippen LogP contribution >= 0.6 is 0 Å². The Morgan fingerprint density at radius 3 is 2.55 bits per heavy atom. The van der Waals surface area contributed by atoms with Crippen LogP contribution in [0.25, 0.3) is 0 Å². The molecular weight excluding hydrogens is 424 g/mol. The number of ether oxygens (including phenoxy) is 3. The van der Waals surface area contributed by atoms with Crippen LogP contribution in [0, 0.1) is 6.92 Å². The number of sulfonamides is 1. The molecular formula is C21H24N2O7S. The molecule has 1 heterocycles. The first-order valence-corrected chi connectivity index (χ1v) is 10.9. The van der Waals surface area contributed by atoms with E-state index in [1.165, 1.54) is 44.3 Å². The Kier molecular flexibility index (Phi) is 6.51. The molecule has 2 aromatic carbocycles. The predicted molar refractivity (Wildman–Crippen MR) is 113 cm³/mol. The van der Waals surface area contributed by atoms with Gasteiger partial charge in [0.15, 0.2) is 6.61 Å². The fourth-order valence-corrected chi connectivity index (χ4v) is 4.08. The molecule has 10 heteroatoms. The van der Waals surface area contributed by atoms with Crippen LogP contribution in [0.4, 0.5) is 5.69 Å². The molecule has 0 saturated heterocycles. The number of amides is 1. The number of carbonyl (C=O) groups is 2. The molecule has 31 heavy (non-hydrogen) atoms. The van der Waals surface area contributed by atoms with Gasteiger partial charge >= 0.3 is 5.97 Å². The molecule has 0 aliphatic carbocycles. The molecule has 1 aliphatic heterocycles. The third-order valence-corrected chi connectivity index (χ3v) is 6.63. The summed E-state index contributed by atoms with van der Waals surface area (Å²) in [5, 5.41) is 0. The summed E-state index contributed by atoms with van der Waals surface area (Å²) < 4.78 is 41.7. The van der Waals surface area contributed by atoms with Gasteiger partial charge in [-0.05, 0) is 42.8 Å². The maximum atomic E-state index is 12.9. The van der Waals surface area contributed by atoms with Crippen LogP contribution < -0.4 is 14.4 Å². The van der Waals surface area contributed by atoms with Gasteiger partial charge in [0.25, 0.3) is 5.91 Å². The Balaban J connectivity index is 1.77. The molecule has 0 aromatic heterocycles. The van der Waals surface area contributed by atoms with E-state index in [4.69, 9.17) is 14.2 Å². The zero-order valence-corrected chi connectivity index (χ0v) is 18.5. The quantitative estimate of drug-likeness (QED) is 0.619. The highest BCUT2D eigenvalue weighted by atomic mass is 32.2. The number of methoxy groups -OCH3 is 1. The zero-order chi connectivity index (χ0) is 22.8. The Bertz CT molecular complexity index is 1100. The second-order valence-corrected chi connectivity index (χ2v) is 9.26. The average molecular weight is 448 g/mol. The van der Waals surface area contributed by atoms with Gasteiger partial charge in [0.1, 0.15) is 11.5 Å². The summed E-state index contributed by atoms with van der Waals surface area (Å²) in [6, 6.07) is 11.3. The highest BCUT2D eigenvalue weighted by molar-refractivity contribution is 7.89. The number of nitrogens with zero attached hydrogens (tertiary/aromatic N) is 2. The van der Waals surface area contributed by atoms with Crippen LogP contribution in [0.15, 0.2) is 47.4 Å². The largest absolute Gasteiger partial charge is 0.483 e. The van der Waals surface area contributed by atoms with Crippen molar-refractivity contribution in [2.45, 2.75) is 17.9 Å². The Morgan fingerprint density at radius 2 is 1.90 bits per heavy atom. The summed E-state index contributed by atoms with van der Waals surface area (Å²) in [7, 11) is 0.592. The summed E-state index contributed by atoms with van der Waals surface area (Å²) in [6.45, 7) is 1.39. The van der Waals surface area contributed by atoms with Gasteiger partial charge in [0.2, 0.25) is 16.1 Å². The van der Waals surface area contributed by atoms with Crippen LogP contribution in [-0.4, -0.2) is 65.1 Å². The summed E-state index contributed by atoms with van der Waals surface area (Å²) in [4.78, 5) is 26.4. The van der Waals surface area contributed by atoms with E-state index in [-0.39, 0.29) is 24.0 Å². The molecule has 9 nitrogen and oxygen atoms in total. The topological polar surface area (TPSA) is 102 Å². The smallest absolute Gasteiger partial charge is 0.348 e. The monoisotopic (exact) mass is 448 g/mol. The van der Waals surface area contributed by atoms with Gasteiger partial charge in [0.05, 0.1) is 24.2 Å². The predicted octanol–water partition coefficient (Wildman–Crippen LogP) is 1.59. The molecule has 1 amide bonds. The van der Waals surface area contributed by atoms with Gasteiger partial charge < -0.3 is 19.1 Å². The lowest BCUT2D eigenvalue weighted by atomic mass is 10.2. The van der Waals surface area contributed by atoms with Crippen LogP contribution in [-0.2, 0) is 24.3 Å². The number of carbonyl (C=O) groups excluding carboxylic acids is 2. The van der Waals surface area contributed by atoms with Crippen molar-refractivity contribution in [2.24, 2.45) is 0 Å². The summed E-state index contributed by atoms with van der Waals surface area (Å²) in [6.07, 6.45) is -0.943. The number of benzene rings is 2. The number of rotatable bonds is 6. The van der Waals surface area contributed by atoms with Crippen molar-refractivity contribution < 1.29 is 32.2 Å². The van der Waals surface area contributed by atoms with Crippen molar-refractivity contribution in [3.63, 3.8) is 0 Å². The molecule has 1 aliphatic rings. The third kappa shape index (κ3) is 4.64. The molecule has 0 spiro atoms. The van der Waals surface area contributed by atoms with Crippen molar-refractivity contribution >= 4 is 27.6 Å².